The number of nitrogens with two attached hydrogens (primary N) is 1. The number of halogens is 1. The van der Waals surface area contributed by atoms with Crippen LogP contribution in [0.2, 0.25) is 4.34 Å². The standard InChI is InChI=1S/C14H14ClNS/c15-14-6-5-10(17-14)8-12-11-4-2-1-3-9(11)7-13(12)16/h1-6,12-13H,7-8,16H2/t12-,13+/m0/s1. The van der Waals surface area contributed by atoms with Gasteiger partial charge in [-0.3, -0.25) is 0 Å². The van der Waals surface area contributed by atoms with E-state index in [-0.39, 0.29) is 6.04 Å². The maximum absolute atomic E-state index is 6.26. The lowest BCUT2D eigenvalue weighted by molar-refractivity contribution is 0.574. The van der Waals surface area contributed by atoms with Crippen molar-refractivity contribution in [1.82, 2.24) is 0 Å². The lowest BCUT2D eigenvalue weighted by Gasteiger charge is -2.15. The lowest BCUT2D eigenvalue weighted by atomic mass is 9.94. The summed E-state index contributed by atoms with van der Waals surface area (Å²) in [5, 5.41) is 0. The van der Waals surface area contributed by atoms with Crippen molar-refractivity contribution in [3.05, 3.63) is 56.7 Å². The first-order chi connectivity index (χ1) is 8.24. The van der Waals surface area contributed by atoms with E-state index in [9.17, 15) is 0 Å². The smallest absolute Gasteiger partial charge is 0.0931 e. The normalized spacial score (nSPS) is 22.7. The molecule has 1 aromatic carbocycles. The summed E-state index contributed by atoms with van der Waals surface area (Å²) >= 11 is 7.63. The van der Waals surface area contributed by atoms with Crippen molar-refractivity contribution in [3.63, 3.8) is 0 Å². The highest BCUT2D eigenvalue weighted by Gasteiger charge is 2.29. The minimum atomic E-state index is 0.244. The molecule has 88 valence electrons. The third kappa shape index (κ3) is 2.13. The molecule has 17 heavy (non-hydrogen) atoms. The predicted molar refractivity (Wildman–Crippen MR) is 73.9 cm³/mol. The first kappa shape index (κ1) is 11.3. The number of rotatable bonds is 2. The van der Waals surface area contributed by atoms with Crippen molar-refractivity contribution in [3.8, 4) is 0 Å². The Hall–Kier alpha value is -0.830. The molecule has 0 unspecified atom stereocenters. The first-order valence-corrected chi connectivity index (χ1v) is 7.01. The van der Waals surface area contributed by atoms with Crippen molar-refractivity contribution in [2.75, 3.05) is 0 Å². The van der Waals surface area contributed by atoms with E-state index in [4.69, 9.17) is 17.3 Å². The Labute approximate surface area is 110 Å². The highest BCUT2D eigenvalue weighted by molar-refractivity contribution is 7.16. The zero-order valence-electron chi connectivity index (χ0n) is 9.40. The molecule has 3 rings (SSSR count). The van der Waals surface area contributed by atoms with Crippen molar-refractivity contribution >= 4 is 22.9 Å². The van der Waals surface area contributed by atoms with Gasteiger partial charge in [0.1, 0.15) is 0 Å². The Bertz CT molecular complexity index is 535. The molecule has 0 radical (unpaired) electrons. The van der Waals surface area contributed by atoms with Crippen molar-refractivity contribution < 1.29 is 0 Å². The van der Waals surface area contributed by atoms with Gasteiger partial charge in [0.25, 0.3) is 0 Å². The summed E-state index contributed by atoms with van der Waals surface area (Å²) in [6, 6.07) is 12.9. The van der Waals surface area contributed by atoms with Crippen LogP contribution in [-0.4, -0.2) is 6.04 Å². The van der Waals surface area contributed by atoms with Crippen LogP contribution < -0.4 is 5.73 Å². The average molecular weight is 264 g/mol. The minimum Gasteiger partial charge on any atom is -0.327 e. The Kier molecular flexibility index (Phi) is 2.95. The fourth-order valence-electron chi connectivity index (χ4n) is 2.65. The Morgan fingerprint density at radius 2 is 2.06 bits per heavy atom. The zero-order chi connectivity index (χ0) is 11.8. The fourth-order valence-corrected chi connectivity index (χ4v) is 3.79. The van der Waals surface area contributed by atoms with Crippen LogP contribution in [0.5, 0.6) is 0 Å². The molecule has 1 heterocycles. The van der Waals surface area contributed by atoms with Crippen molar-refractivity contribution in [2.24, 2.45) is 5.73 Å². The van der Waals surface area contributed by atoms with Gasteiger partial charge in [-0.1, -0.05) is 35.9 Å². The second kappa shape index (κ2) is 4.45. The maximum atomic E-state index is 6.26. The van der Waals surface area contributed by atoms with Gasteiger partial charge in [-0.2, -0.15) is 0 Å². The molecule has 1 aliphatic carbocycles. The Morgan fingerprint density at radius 3 is 2.82 bits per heavy atom. The lowest BCUT2D eigenvalue weighted by Crippen LogP contribution is -2.26. The summed E-state index contributed by atoms with van der Waals surface area (Å²) < 4.78 is 0.861. The fraction of sp³-hybridized carbons (Fsp3) is 0.286. The number of hydrogen-bond acceptors (Lipinski definition) is 2. The summed E-state index contributed by atoms with van der Waals surface area (Å²) in [6.45, 7) is 0. The van der Waals surface area contributed by atoms with Crippen molar-refractivity contribution in [2.45, 2.75) is 24.8 Å². The molecule has 0 saturated heterocycles. The molecule has 2 aromatic rings. The zero-order valence-corrected chi connectivity index (χ0v) is 11.0. The van der Waals surface area contributed by atoms with Gasteiger partial charge < -0.3 is 5.73 Å². The number of hydrogen-bond donors (Lipinski definition) is 1. The molecule has 0 aliphatic heterocycles. The van der Waals surface area contributed by atoms with E-state index in [0.29, 0.717) is 5.92 Å². The predicted octanol–water partition coefficient (Wildman–Crippen LogP) is 3.61. The van der Waals surface area contributed by atoms with Gasteiger partial charge in [-0.15, -0.1) is 11.3 Å². The van der Waals surface area contributed by atoms with Crippen LogP contribution in [0, 0.1) is 0 Å². The van der Waals surface area contributed by atoms with E-state index in [0.717, 1.165) is 17.2 Å². The van der Waals surface area contributed by atoms with Gasteiger partial charge in [0.05, 0.1) is 4.34 Å². The molecule has 0 spiro atoms. The van der Waals surface area contributed by atoms with Crippen LogP contribution in [0.25, 0.3) is 0 Å². The largest absolute Gasteiger partial charge is 0.327 e. The first-order valence-electron chi connectivity index (χ1n) is 5.81. The van der Waals surface area contributed by atoms with Gasteiger partial charge in [0, 0.05) is 16.8 Å². The molecule has 0 amide bonds. The Balaban J connectivity index is 1.88. The molecule has 1 aliphatic rings. The summed E-state index contributed by atoms with van der Waals surface area (Å²) in [5.41, 5.74) is 9.09. The van der Waals surface area contributed by atoms with E-state index in [1.165, 1.54) is 16.0 Å². The van der Waals surface area contributed by atoms with Crippen LogP contribution in [0.3, 0.4) is 0 Å². The molecule has 0 fully saturated rings. The third-order valence-electron chi connectivity index (χ3n) is 3.48. The number of fused-ring (bicyclic) bond motifs is 1. The van der Waals surface area contributed by atoms with E-state index in [1.54, 1.807) is 11.3 Å². The SMILES string of the molecule is N[C@@H]1Cc2ccccc2[C@@H]1Cc1ccc(Cl)s1. The van der Waals surface area contributed by atoms with Gasteiger partial charge >= 0.3 is 0 Å². The van der Waals surface area contributed by atoms with E-state index in [2.05, 4.69) is 30.3 Å². The van der Waals surface area contributed by atoms with Crippen LogP contribution >= 0.6 is 22.9 Å². The van der Waals surface area contributed by atoms with E-state index < -0.39 is 0 Å². The Morgan fingerprint density at radius 1 is 1.24 bits per heavy atom. The van der Waals surface area contributed by atoms with Crippen LogP contribution in [-0.2, 0) is 12.8 Å². The maximum Gasteiger partial charge on any atom is 0.0931 e. The summed E-state index contributed by atoms with van der Waals surface area (Å²) in [7, 11) is 0. The van der Waals surface area contributed by atoms with E-state index in [1.807, 2.05) is 6.07 Å². The van der Waals surface area contributed by atoms with Crippen molar-refractivity contribution in [1.29, 1.82) is 0 Å². The monoisotopic (exact) mass is 263 g/mol. The van der Waals surface area contributed by atoms with Crippen LogP contribution in [0.4, 0.5) is 0 Å². The molecule has 3 heteroatoms. The van der Waals surface area contributed by atoms with Gasteiger partial charge in [-0.25, -0.2) is 0 Å². The topological polar surface area (TPSA) is 26.0 Å². The quantitative estimate of drug-likeness (QED) is 0.880. The van der Waals surface area contributed by atoms with E-state index >= 15 is 0 Å². The highest BCUT2D eigenvalue weighted by Crippen LogP contribution is 2.36. The van der Waals surface area contributed by atoms with Gasteiger partial charge in [0.15, 0.2) is 0 Å². The van der Waals surface area contributed by atoms with Gasteiger partial charge in [0.2, 0.25) is 0 Å². The second-order valence-corrected chi connectivity index (χ2v) is 6.38. The third-order valence-corrected chi connectivity index (χ3v) is 4.73. The highest BCUT2D eigenvalue weighted by atomic mass is 35.5. The molecular formula is C14H14ClNS. The average Bonchev–Trinajstić information content (AvgIpc) is 2.85. The van der Waals surface area contributed by atoms with Crippen LogP contribution in [0.1, 0.15) is 21.9 Å². The number of benzene rings is 1. The molecule has 1 aromatic heterocycles. The summed E-state index contributed by atoms with van der Waals surface area (Å²) in [4.78, 5) is 1.33. The molecular weight excluding hydrogens is 250 g/mol. The van der Waals surface area contributed by atoms with Gasteiger partial charge in [-0.05, 0) is 36.1 Å². The van der Waals surface area contributed by atoms with Crippen LogP contribution in [0.15, 0.2) is 36.4 Å². The second-order valence-electron chi connectivity index (χ2n) is 4.58. The minimum absolute atomic E-state index is 0.244. The molecule has 2 N–H and O–H groups in total. The summed E-state index contributed by atoms with van der Waals surface area (Å²) in [6.07, 6.45) is 2.01. The molecule has 0 bridgehead atoms. The number of thiophene rings is 1. The molecule has 2 atom stereocenters. The molecule has 1 nitrogen and oxygen atoms in total. The summed E-state index contributed by atoms with van der Waals surface area (Å²) in [5.74, 6) is 0.445. The molecule has 0 saturated carbocycles.